The second kappa shape index (κ2) is 7.66. The van der Waals surface area contributed by atoms with Crippen molar-refractivity contribution in [2.24, 2.45) is 0 Å². The van der Waals surface area contributed by atoms with E-state index in [0.717, 1.165) is 55.1 Å². The second-order valence-corrected chi connectivity index (χ2v) is 6.61. The summed E-state index contributed by atoms with van der Waals surface area (Å²) < 4.78 is 0. The van der Waals surface area contributed by atoms with Crippen LogP contribution in [-0.2, 0) is 6.42 Å². The van der Waals surface area contributed by atoms with E-state index in [1.807, 2.05) is 31.2 Å². The zero-order valence-corrected chi connectivity index (χ0v) is 15.2. The Morgan fingerprint density at radius 1 is 1.20 bits per heavy atom. The van der Waals surface area contributed by atoms with Crippen molar-refractivity contribution in [1.82, 2.24) is 9.88 Å². The van der Waals surface area contributed by atoms with Gasteiger partial charge in [0.15, 0.2) is 0 Å². The van der Waals surface area contributed by atoms with Crippen molar-refractivity contribution in [3.8, 4) is 0 Å². The van der Waals surface area contributed by atoms with Crippen molar-refractivity contribution < 1.29 is 4.79 Å². The fourth-order valence-corrected chi connectivity index (χ4v) is 3.18. The highest BCUT2D eigenvalue weighted by Gasteiger charge is 2.17. The molecule has 0 unspecified atom stereocenters. The smallest absolute Gasteiger partial charge is 0.274 e. The fourth-order valence-electron chi connectivity index (χ4n) is 3.18. The van der Waals surface area contributed by atoms with E-state index in [-0.39, 0.29) is 5.91 Å². The van der Waals surface area contributed by atoms with Gasteiger partial charge in [0.1, 0.15) is 5.69 Å². The largest absolute Gasteiger partial charge is 0.369 e. The van der Waals surface area contributed by atoms with Crippen LogP contribution in [0.25, 0.3) is 0 Å². The predicted molar refractivity (Wildman–Crippen MR) is 102 cm³/mol. The molecule has 0 spiro atoms. The lowest BCUT2D eigenvalue weighted by molar-refractivity contribution is 0.102. The Labute approximate surface area is 149 Å². The molecule has 2 aromatic rings. The number of hydrogen-bond donors (Lipinski definition) is 1. The monoisotopic (exact) mass is 338 g/mol. The molecular formula is C20H26N4O. The molecule has 1 aromatic heterocycles. The summed E-state index contributed by atoms with van der Waals surface area (Å²) in [5, 5.41) is 3.06. The van der Waals surface area contributed by atoms with Gasteiger partial charge in [-0.15, -0.1) is 0 Å². The van der Waals surface area contributed by atoms with E-state index in [1.165, 1.54) is 0 Å². The Morgan fingerprint density at radius 3 is 2.68 bits per heavy atom. The van der Waals surface area contributed by atoms with Gasteiger partial charge >= 0.3 is 0 Å². The molecular weight excluding hydrogens is 312 g/mol. The summed E-state index contributed by atoms with van der Waals surface area (Å²) in [5.41, 5.74) is 4.64. The highest BCUT2D eigenvalue weighted by Crippen LogP contribution is 2.22. The summed E-state index contributed by atoms with van der Waals surface area (Å²) in [6.07, 6.45) is 2.60. The van der Waals surface area contributed by atoms with Crippen LogP contribution in [0.1, 0.15) is 28.5 Å². The summed E-state index contributed by atoms with van der Waals surface area (Å²) in [6.45, 7) is 8.12. The van der Waals surface area contributed by atoms with Gasteiger partial charge in [-0.05, 0) is 43.7 Å². The third-order valence-corrected chi connectivity index (χ3v) is 4.82. The normalized spacial score (nSPS) is 15.2. The summed E-state index contributed by atoms with van der Waals surface area (Å²) in [5.74, 6) is -0.153. The number of aryl methyl sites for hydroxylation is 2. The van der Waals surface area contributed by atoms with Gasteiger partial charge in [-0.1, -0.05) is 25.1 Å². The quantitative estimate of drug-likeness (QED) is 0.931. The van der Waals surface area contributed by atoms with E-state index in [2.05, 4.69) is 40.1 Å². The molecule has 25 heavy (non-hydrogen) atoms. The molecule has 1 aliphatic heterocycles. The van der Waals surface area contributed by atoms with E-state index in [9.17, 15) is 4.79 Å². The number of carbonyl (C=O) groups is 1. The van der Waals surface area contributed by atoms with Crippen LogP contribution in [0.5, 0.6) is 0 Å². The standard InChI is InChI=1S/C20H26N4O/c1-4-16-7-5-6-15(2)19(16)22-20(25)18-14-17(8-9-21-18)24-12-10-23(3)11-13-24/h5-9,14H,4,10-13H2,1-3H3,(H,22,25). The van der Waals surface area contributed by atoms with Crippen LogP contribution >= 0.6 is 0 Å². The first-order valence-corrected chi connectivity index (χ1v) is 8.88. The van der Waals surface area contributed by atoms with Crippen molar-refractivity contribution in [2.75, 3.05) is 43.4 Å². The highest BCUT2D eigenvalue weighted by molar-refractivity contribution is 6.04. The number of amides is 1. The van der Waals surface area contributed by atoms with Crippen LogP contribution in [-0.4, -0.2) is 49.0 Å². The van der Waals surface area contributed by atoms with Gasteiger partial charge in [-0.2, -0.15) is 0 Å². The van der Waals surface area contributed by atoms with Crippen LogP contribution in [0.4, 0.5) is 11.4 Å². The molecule has 0 atom stereocenters. The zero-order valence-electron chi connectivity index (χ0n) is 15.2. The maximum atomic E-state index is 12.7. The maximum absolute atomic E-state index is 12.7. The highest BCUT2D eigenvalue weighted by atomic mass is 16.1. The molecule has 2 heterocycles. The molecule has 1 fully saturated rings. The van der Waals surface area contributed by atoms with Gasteiger partial charge < -0.3 is 15.1 Å². The van der Waals surface area contributed by atoms with Gasteiger partial charge in [0.25, 0.3) is 5.91 Å². The Hall–Kier alpha value is -2.40. The minimum absolute atomic E-state index is 0.153. The zero-order chi connectivity index (χ0) is 17.8. The molecule has 0 radical (unpaired) electrons. The van der Waals surface area contributed by atoms with Crippen LogP contribution in [0.2, 0.25) is 0 Å². The molecule has 1 saturated heterocycles. The fraction of sp³-hybridized carbons (Fsp3) is 0.400. The van der Waals surface area contributed by atoms with Crippen molar-refractivity contribution >= 4 is 17.3 Å². The van der Waals surface area contributed by atoms with Crippen LogP contribution < -0.4 is 10.2 Å². The molecule has 0 bridgehead atoms. The molecule has 1 N–H and O–H groups in total. The van der Waals surface area contributed by atoms with Gasteiger partial charge in [-0.25, -0.2) is 0 Å². The first-order chi connectivity index (χ1) is 12.1. The van der Waals surface area contributed by atoms with Gasteiger partial charge in [0.05, 0.1) is 0 Å². The SMILES string of the molecule is CCc1cccc(C)c1NC(=O)c1cc(N2CCN(C)CC2)ccn1. The molecule has 0 saturated carbocycles. The number of para-hydroxylation sites is 1. The molecule has 5 nitrogen and oxygen atoms in total. The van der Waals surface area contributed by atoms with Gasteiger partial charge in [-0.3, -0.25) is 9.78 Å². The lowest BCUT2D eigenvalue weighted by atomic mass is 10.1. The number of carbonyl (C=O) groups excluding carboxylic acids is 1. The third kappa shape index (κ3) is 3.99. The number of nitrogens with one attached hydrogen (secondary N) is 1. The van der Waals surface area contributed by atoms with Crippen molar-refractivity contribution in [3.05, 3.63) is 53.3 Å². The molecule has 0 aliphatic carbocycles. The minimum atomic E-state index is -0.153. The van der Waals surface area contributed by atoms with E-state index < -0.39 is 0 Å². The van der Waals surface area contributed by atoms with Gasteiger partial charge in [0.2, 0.25) is 0 Å². The van der Waals surface area contributed by atoms with Crippen molar-refractivity contribution in [3.63, 3.8) is 0 Å². The van der Waals surface area contributed by atoms with Crippen molar-refractivity contribution in [1.29, 1.82) is 0 Å². The van der Waals surface area contributed by atoms with E-state index in [0.29, 0.717) is 5.69 Å². The first-order valence-electron chi connectivity index (χ1n) is 8.88. The van der Waals surface area contributed by atoms with Crippen molar-refractivity contribution in [2.45, 2.75) is 20.3 Å². The Morgan fingerprint density at radius 2 is 1.96 bits per heavy atom. The predicted octanol–water partition coefficient (Wildman–Crippen LogP) is 2.96. The summed E-state index contributed by atoms with van der Waals surface area (Å²) >= 11 is 0. The average molecular weight is 338 g/mol. The Kier molecular flexibility index (Phi) is 5.34. The molecule has 1 aliphatic rings. The maximum Gasteiger partial charge on any atom is 0.274 e. The molecule has 1 aromatic carbocycles. The number of hydrogen-bond acceptors (Lipinski definition) is 4. The Balaban J connectivity index is 1.78. The molecule has 132 valence electrons. The number of piperazine rings is 1. The summed E-state index contributed by atoms with van der Waals surface area (Å²) in [7, 11) is 2.14. The number of aromatic nitrogens is 1. The minimum Gasteiger partial charge on any atom is -0.369 e. The van der Waals surface area contributed by atoms with Gasteiger partial charge in [0, 0.05) is 43.8 Å². The lowest BCUT2D eigenvalue weighted by Gasteiger charge is -2.34. The van der Waals surface area contributed by atoms with Crippen LogP contribution in [0.15, 0.2) is 36.5 Å². The third-order valence-electron chi connectivity index (χ3n) is 4.82. The Bertz CT molecular complexity index is 751. The average Bonchev–Trinajstić information content (AvgIpc) is 2.64. The second-order valence-electron chi connectivity index (χ2n) is 6.61. The number of likely N-dealkylation sites (N-methyl/N-ethyl adjacent to an activating group) is 1. The number of anilines is 2. The van der Waals surface area contributed by atoms with E-state index in [4.69, 9.17) is 0 Å². The number of benzene rings is 1. The summed E-state index contributed by atoms with van der Waals surface area (Å²) in [6, 6.07) is 9.97. The summed E-state index contributed by atoms with van der Waals surface area (Å²) in [4.78, 5) is 21.6. The molecule has 3 rings (SSSR count). The van der Waals surface area contributed by atoms with Crippen LogP contribution in [0.3, 0.4) is 0 Å². The van der Waals surface area contributed by atoms with E-state index in [1.54, 1.807) is 6.20 Å². The number of pyridine rings is 1. The van der Waals surface area contributed by atoms with Crippen LogP contribution in [0, 0.1) is 6.92 Å². The first kappa shape index (κ1) is 17.4. The lowest BCUT2D eigenvalue weighted by Crippen LogP contribution is -2.44. The number of nitrogens with zero attached hydrogens (tertiary/aromatic N) is 3. The topological polar surface area (TPSA) is 48.5 Å². The number of rotatable bonds is 4. The van der Waals surface area contributed by atoms with E-state index >= 15 is 0 Å². The molecule has 5 heteroatoms. The molecule has 1 amide bonds.